The second kappa shape index (κ2) is 6.62. The summed E-state index contributed by atoms with van der Waals surface area (Å²) in [7, 11) is 1.56. The van der Waals surface area contributed by atoms with Crippen LogP contribution in [0, 0.1) is 5.41 Å². The van der Waals surface area contributed by atoms with Gasteiger partial charge in [-0.05, 0) is 18.6 Å². The molecule has 0 aromatic carbocycles. The minimum Gasteiger partial charge on any atom is -0.379 e. The first-order valence-corrected chi connectivity index (χ1v) is 7.73. The molecule has 1 atom stereocenters. The molecule has 0 bridgehead atoms. The van der Waals surface area contributed by atoms with Crippen LogP contribution in [0.3, 0.4) is 0 Å². The van der Waals surface area contributed by atoms with E-state index in [9.17, 15) is 4.79 Å². The lowest BCUT2D eigenvalue weighted by Crippen LogP contribution is -2.44. The van der Waals surface area contributed by atoms with Gasteiger partial charge in [0.15, 0.2) is 0 Å². The van der Waals surface area contributed by atoms with Gasteiger partial charge in [-0.15, -0.1) is 0 Å². The second-order valence-electron chi connectivity index (χ2n) is 6.16. The number of hydrogen-bond donors (Lipinski definition) is 0. The summed E-state index contributed by atoms with van der Waals surface area (Å²) in [5.74, 6) is 1.04. The molecule has 2 aliphatic heterocycles. The SMILES string of the molecule is COCC(=O)N1CCOCC2(CCN(c3ccccn3)C2)C1. The van der Waals surface area contributed by atoms with Gasteiger partial charge in [-0.25, -0.2) is 4.98 Å². The molecule has 3 heterocycles. The maximum absolute atomic E-state index is 12.2. The van der Waals surface area contributed by atoms with Gasteiger partial charge in [0.05, 0.1) is 13.2 Å². The summed E-state index contributed by atoms with van der Waals surface area (Å²) in [6.45, 7) is 4.65. The molecule has 2 fully saturated rings. The molecule has 3 rings (SSSR count). The van der Waals surface area contributed by atoms with Crippen molar-refractivity contribution in [2.24, 2.45) is 5.41 Å². The van der Waals surface area contributed by atoms with Crippen molar-refractivity contribution < 1.29 is 14.3 Å². The molecule has 1 aromatic rings. The zero-order valence-corrected chi connectivity index (χ0v) is 13.0. The average molecular weight is 305 g/mol. The molecule has 2 aliphatic rings. The van der Waals surface area contributed by atoms with Gasteiger partial charge in [0, 0.05) is 44.9 Å². The Hall–Kier alpha value is -1.66. The van der Waals surface area contributed by atoms with Crippen molar-refractivity contribution in [1.82, 2.24) is 9.88 Å². The molecule has 0 aliphatic carbocycles. The highest BCUT2D eigenvalue weighted by atomic mass is 16.5. The predicted molar refractivity (Wildman–Crippen MR) is 82.8 cm³/mol. The van der Waals surface area contributed by atoms with E-state index in [-0.39, 0.29) is 17.9 Å². The molecule has 1 amide bonds. The molecule has 2 saturated heterocycles. The van der Waals surface area contributed by atoms with Gasteiger partial charge in [0.25, 0.3) is 0 Å². The molecule has 6 heteroatoms. The van der Waals surface area contributed by atoms with Crippen LogP contribution in [-0.2, 0) is 14.3 Å². The Morgan fingerprint density at radius 1 is 1.41 bits per heavy atom. The Balaban J connectivity index is 1.71. The van der Waals surface area contributed by atoms with E-state index in [2.05, 4.69) is 9.88 Å². The number of amides is 1. The van der Waals surface area contributed by atoms with E-state index < -0.39 is 0 Å². The summed E-state index contributed by atoms with van der Waals surface area (Å²) in [5.41, 5.74) is -0.00256. The number of rotatable bonds is 3. The fourth-order valence-corrected chi connectivity index (χ4v) is 3.34. The van der Waals surface area contributed by atoms with Crippen molar-refractivity contribution in [1.29, 1.82) is 0 Å². The summed E-state index contributed by atoms with van der Waals surface area (Å²) in [5, 5.41) is 0. The third kappa shape index (κ3) is 3.23. The molecule has 22 heavy (non-hydrogen) atoms. The molecule has 1 spiro atoms. The summed E-state index contributed by atoms with van der Waals surface area (Å²) >= 11 is 0. The standard InChI is InChI=1S/C16H23N3O3/c1-21-10-15(20)19-8-9-22-13-16(12-19)5-7-18(11-16)14-4-2-3-6-17-14/h2-4,6H,5,7-13H2,1H3. The largest absolute Gasteiger partial charge is 0.379 e. The van der Waals surface area contributed by atoms with Crippen molar-refractivity contribution in [3.05, 3.63) is 24.4 Å². The Morgan fingerprint density at radius 2 is 2.32 bits per heavy atom. The van der Waals surface area contributed by atoms with Crippen molar-refractivity contribution >= 4 is 11.7 Å². The highest BCUT2D eigenvalue weighted by molar-refractivity contribution is 5.77. The highest BCUT2D eigenvalue weighted by Crippen LogP contribution is 2.35. The summed E-state index contributed by atoms with van der Waals surface area (Å²) in [6.07, 6.45) is 2.83. The van der Waals surface area contributed by atoms with E-state index in [0.29, 0.717) is 19.8 Å². The summed E-state index contributed by atoms with van der Waals surface area (Å²) in [4.78, 5) is 20.8. The van der Waals surface area contributed by atoms with Crippen LogP contribution in [0.4, 0.5) is 5.82 Å². The van der Waals surface area contributed by atoms with Crippen LogP contribution in [-0.4, -0.2) is 68.9 Å². The van der Waals surface area contributed by atoms with Gasteiger partial charge in [0.2, 0.25) is 5.91 Å². The number of aromatic nitrogens is 1. The van der Waals surface area contributed by atoms with Gasteiger partial charge in [0.1, 0.15) is 12.4 Å². The summed E-state index contributed by atoms with van der Waals surface area (Å²) in [6, 6.07) is 5.96. The molecule has 1 unspecified atom stereocenters. The zero-order valence-electron chi connectivity index (χ0n) is 13.0. The van der Waals surface area contributed by atoms with E-state index in [4.69, 9.17) is 9.47 Å². The predicted octanol–water partition coefficient (Wildman–Crippen LogP) is 0.783. The first-order chi connectivity index (χ1) is 10.7. The number of nitrogens with zero attached hydrogens (tertiary/aromatic N) is 3. The topological polar surface area (TPSA) is 54.9 Å². The molecular formula is C16H23N3O3. The quantitative estimate of drug-likeness (QED) is 0.826. The Morgan fingerprint density at radius 3 is 3.09 bits per heavy atom. The van der Waals surface area contributed by atoms with E-state index in [1.54, 1.807) is 7.11 Å². The molecule has 120 valence electrons. The molecule has 6 nitrogen and oxygen atoms in total. The fourth-order valence-electron chi connectivity index (χ4n) is 3.34. The fraction of sp³-hybridized carbons (Fsp3) is 0.625. The number of carbonyl (C=O) groups is 1. The third-order valence-electron chi connectivity index (χ3n) is 4.47. The highest BCUT2D eigenvalue weighted by Gasteiger charge is 2.42. The van der Waals surface area contributed by atoms with E-state index in [0.717, 1.165) is 31.9 Å². The zero-order chi connectivity index (χ0) is 15.4. The van der Waals surface area contributed by atoms with Gasteiger partial charge in [-0.1, -0.05) is 6.07 Å². The Bertz CT molecular complexity index is 511. The molecule has 0 N–H and O–H groups in total. The van der Waals surface area contributed by atoms with Crippen LogP contribution < -0.4 is 4.90 Å². The summed E-state index contributed by atoms with van der Waals surface area (Å²) < 4.78 is 10.8. The van der Waals surface area contributed by atoms with Crippen LogP contribution in [0.2, 0.25) is 0 Å². The monoisotopic (exact) mass is 305 g/mol. The third-order valence-corrected chi connectivity index (χ3v) is 4.47. The molecule has 1 aromatic heterocycles. The lowest BCUT2D eigenvalue weighted by Gasteiger charge is -2.31. The molecule has 0 saturated carbocycles. The maximum atomic E-state index is 12.2. The lowest BCUT2D eigenvalue weighted by atomic mass is 9.87. The number of methoxy groups -OCH3 is 1. The van der Waals surface area contributed by atoms with Crippen molar-refractivity contribution in [3.63, 3.8) is 0 Å². The normalized spacial score (nSPS) is 25.5. The van der Waals surface area contributed by atoms with Crippen LogP contribution in [0.25, 0.3) is 0 Å². The van der Waals surface area contributed by atoms with Gasteiger partial charge in [-0.3, -0.25) is 4.79 Å². The van der Waals surface area contributed by atoms with E-state index in [1.165, 1.54) is 0 Å². The minimum atomic E-state index is -0.00256. The van der Waals surface area contributed by atoms with Crippen LogP contribution in [0.15, 0.2) is 24.4 Å². The van der Waals surface area contributed by atoms with Gasteiger partial charge in [-0.2, -0.15) is 0 Å². The first-order valence-electron chi connectivity index (χ1n) is 7.73. The van der Waals surface area contributed by atoms with E-state index in [1.807, 2.05) is 29.3 Å². The number of anilines is 1. The van der Waals surface area contributed by atoms with Gasteiger partial charge >= 0.3 is 0 Å². The van der Waals surface area contributed by atoms with Crippen molar-refractivity contribution in [3.8, 4) is 0 Å². The smallest absolute Gasteiger partial charge is 0.248 e. The number of carbonyl (C=O) groups excluding carboxylic acids is 1. The number of pyridine rings is 1. The van der Waals surface area contributed by atoms with Crippen LogP contribution in [0.1, 0.15) is 6.42 Å². The van der Waals surface area contributed by atoms with Crippen LogP contribution >= 0.6 is 0 Å². The maximum Gasteiger partial charge on any atom is 0.248 e. The van der Waals surface area contributed by atoms with E-state index >= 15 is 0 Å². The number of ether oxygens (including phenoxy) is 2. The second-order valence-corrected chi connectivity index (χ2v) is 6.16. The molecular weight excluding hydrogens is 282 g/mol. The van der Waals surface area contributed by atoms with Crippen LogP contribution in [0.5, 0.6) is 0 Å². The van der Waals surface area contributed by atoms with Crippen molar-refractivity contribution in [2.45, 2.75) is 6.42 Å². The lowest BCUT2D eigenvalue weighted by molar-refractivity contribution is -0.136. The minimum absolute atomic E-state index is 0.00256. The van der Waals surface area contributed by atoms with Crippen molar-refractivity contribution in [2.75, 3.05) is 58.0 Å². The van der Waals surface area contributed by atoms with Gasteiger partial charge < -0.3 is 19.3 Å². The first kappa shape index (κ1) is 15.2. The average Bonchev–Trinajstić information content (AvgIpc) is 2.83. The Labute approximate surface area is 131 Å². The number of hydrogen-bond acceptors (Lipinski definition) is 5. The Kier molecular flexibility index (Phi) is 4.59. The molecule has 0 radical (unpaired) electrons.